The minimum absolute atomic E-state index is 0.219. The van der Waals surface area contributed by atoms with Crippen molar-refractivity contribution in [3.8, 4) is 5.88 Å². The van der Waals surface area contributed by atoms with Crippen LogP contribution in [0.1, 0.15) is 65.7 Å². The quantitative estimate of drug-likeness (QED) is 0.247. The van der Waals surface area contributed by atoms with E-state index in [0.717, 1.165) is 42.7 Å². The van der Waals surface area contributed by atoms with Gasteiger partial charge in [-0.05, 0) is 81.0 Å². The molecule has 4 rings (SSSR count). The smallest absolute Gasteiger partial charge is 0.417 e. The molecule has 0 bridgehead atoms. The molecule has 0 fully saturated rings. The first-order valence-corrected chi connectivity index (χ1v) is 12.0. The molecule has 3 aromatic rings. The average Bonchev–Trinajstić information content (AvgIpc) is 3.29. The van der Waals surface area contributed by atoms with Crippen LogP contribution in [0.3, 0.4) is 0 Å². The number of pyridine rings is 1. The zero-order valence-corrected chi connectivity index (χ0v) is 21.0. The van der Waals surface area contributed by atoms with E-state index < -0.39 is 17.7 Å². The molecule has 0 atom stereocenters. The lowest BCUT2D eigenvalue weighted by Gasteiger charge is -2.11. The molecule has 4 nitrogen and oxygen atoms in total. The van der Waals surface area contributed by atoms with Gasteiger partial charge in [-0.15, -0.1) is 0 Å². The second kappa shape index (κ2) is 12.5. The Balaban J connectivity index is 0.000000206. The van der Waals surface area contributed by atoms with Gasteiger partial charge in [-0.1, -0.05) is 35.9 Å². The van der Waals surface area contributed by atoms with E-state index in [2.05, 4.69) is 11.9 Å². The summed E-state index contributed by atoms with van der Waals surface area (Å²) in [6, 6.07) is 14.8. The fraction of sp³-hybridized carbons (Fsp3) is 0.310. The van der Waals surface area contributed by atoms with Gasteiger partial charge in [0.1, 0.15) is 12.4 Å². The Morgan fingerprint density at radius 1 is 1.03 bits per heavy atom. The van der Waals surface area contributed by atoms with E-state index in [0.29, 0.717) is 17.7 Å². The third kappa shape index (κ3) is 7.90. The Morgan fingerprint density at radius 3 is 2.35 bits per heavy atom. The maximum atomic E-state index is 13.6. The van der Waals surface area contributed by atoms with Gasteiger partial charge in [0.25, 0.3) is 0 Å². The molecule has 0 saturated carbocycles. The Hall–Kier alpha value is -3.68. The highest BCUT2D eigenvalue weighted by atomic mass is 19.4. The number of hydrogen-bond donors (Lipinski definition) is 0. The fourth-order valence-electron chi connectivity index (χ4n) is 3.98. The van der Waals surface area contributed by atoms with E-state index in [-0.39, 0.29) is 18.3 Å². The lowest BCUT2D eigenvalue weighted by atomic mass is 10.00. The third-order valence-corrected chi connectivity index (χ3v) is 5.83. The second-order valence-corrected chi connectivity index (χ2v) is 8.68. The predicted molar refractivity (Wildman–Crippen MR) is 134 cm³/mol. The maximum Gasteiger partial charge on any atom is 0.417 e. The van der Waals surface area contributed by atoms with Crippen LogP contribution in [0.25, 0.3) is 5.57 Å². The van der Waals surface area contributed by atoms with Crippen molar-refractivity contribution in [1.82, 2.24) is 4.98 Å². The summed E-state index contributed by atoms with van der Waals surface area (Å²) in [5, 5.41) is 0. The minimum Gasteiger partial charge on any atom is -0.473 e. The number of carbonyl (C=O) groups is 1. The second-order valence-electron chi connectivity index (χ2n) is 8.68. The minimum atomic E-state index is -4.38. The van der Waals surface area contributed by atoms with Gasteiger partial charge in [-0.2, -0.15) is 13.2 Å². The van der Waals surface area contributed by atoms with Gasteiger partial charge in [-0.3, -0.25) is 0 Å². The molecule has 8 heteroatoms. The van der Waals surface area contributed by atoms with Gasteiger partial charge in [0, 0.05) is 11.8 Å². The van der Waals surface area contributed by atoms with Crippen LogP contribution >= 0.6 is 0 Å². The van der Waals surface area contributed by atoms with Crippen LogP contribution in [0.4, 0.5) is 17.6 Å². The molecule has 0 unspecified atom stereocenters. The molecule has 1 aliphatic rings. The molecule has 1 heterocycles. The van der Waals surface area contributed by atoms with Crippen molar-refractivity contribution < 1.29 is 31.8 Å². The topological polar surface area (TPSA) is 48.4 Å². The largest absolute Gasteiger partial charge is 0.473 e. The number of ether oxygens (including phenoxy) is 2. The van der Waals surface area contributed by atoms with Gasteiger partial charge in [0.15, 0.2) is 0 Å². The molecule has 2 aromatic carbocycles. The van der Waals surface area contributed by atoms with Crippen LogP contribution in [0.5, 0.6) is 5.88 Å². The summed E-state index contributed by atoms with van der Waals surface area (Å²) in [5.41, 5.74) is 4.09. The summed E-state index contributed by atoms with van der Waals surface area (Å²) in [5.74, 6) is -0.630. The lowest BCUT2D eigenvalue weighted by Crippen LogP contribution is -2.07. The Kier molecular flexibility index (Phi) is 9.44. The summed E-state index contributed by atoms with van der Waals surface area (Å²) in [4.78, 5) is 15.4. The van der Waals surface area contributed by atoms with E-state index in [1.54, 1.807) is 19.9 Å². The zero-order valence-electron chi connectivity index (χ0n) is 21.0. The summed E-state index contributed by atoms with van der Waals surface area (Å²) >= 11 is 0. The number of halogens is 4. The number of allylic oxidation sites excluding steroid dienone is 2. The molecular formula is C29H29F4NO3. The van der Waals surface area contributed by atoms with E-state index >= 15 is 0 Å². The van der Waals surface area contributed by atoms with Gasteiger partial charge in [0.05, 0.1) is 17.7 Å². The van der Waals surface area contributed by atoms with Crippen molar-refractivity contribution in [2.75, 3.05) is 6.61 Å². The number of alkyl halides is 3. The highest BCUT2D eigenvalue weighted by Gasteiger charge is 2.31. The number of hydrogen-bond acceptors (Lipinski definition) is 4. The molecule has 0 aliphatic heterocycles. The number of benzene rings is 2. The first-order chi connectivity index (χ1) is 17.6. The first-order valence-electron chi connectivity index (χ1n) is 12.0. The number of rotatable bonds is 6. The van der Waals surface area contributed by atoms with Crippen LogP contribution in [0, 0.1) is 12.7 Å². The Bertz CT molecular complexity index is 1250. The Morgan fingerprint density at radius 2 is 1.76 bits per heavy atom. The van der Waals surface area contributed by atoms with Crippen LogP contribution in [0.2, 0.25) is 0 Å². The number of nitrogens with zero attached hydrogens (tertiary/aromatic N) is 1. The lowest BCUT2D eigenvalue weighted by molar-refractivity contribution is -0.137. The molecule has 0 N–H and O–H groups in total. The summed E-state index contributed by atoms with van der Waals surface area (Å²) in [6.07, 6.45) is -0.479. The third-order valence-electron chi connectivity index (χ3n) is 5.83. The molecule has 1 aromatic heterocycles. The van der Waals surface area contributed by atoms with Crippen LogP contribution in [-0.2, 0) is 17.5 Å². The van der Waals surface area contributed by atoms with Crippen LogP contribution in [-0.4, -0.2) is 17.6 Å². The molecule has 0 saturated heterocycles. The van der Waals surface area contributed by atoms with Crippen LogP contribution in [0.15, 0.2) is 66.4 Å². The van der Waals surface area contributed by atoms with Gasteiger partial charge < -0.3 is 9.47 Å². The highest BCUT2D eigenvalue weighted by molar-refractivity contribution is 5.90. The number of aromatic nitrogens is 1. The molecule has 0 spiro atoms. The van der Waals surface area contributed by atoms with Crippen molar-refractivity contribution in [2.45, 2.75) is 52.8 Å². The average molecular weight is 516 g/mol. The molecule has 37 heavy (non-hydrogen) atoms. The molecule has 196 valence electrons. The molecule has 0 amide bonds. The summed E-state index contributed by atoms with van der Waals surface area (Å²) < 4.78 is 61.3. The summed E-state index contributed by atoms with van der Waals surface area (Å²) in [6.45, 7) is 5.92. The van der Waals surface area contributed by atoms with Crippen molar-refractivity contribution in [3.63, 3.8) is 0 Å². The normalized spacial score (nSPS) is 13.2. The number of aryl methyl sites for hydroxylation is 1. The number of esters is 1. The van der Waals surface area contributed by atoms with Crippen molar-refractivity contribution in [1.29, 1.82) is 0 Å². The molecule has 0 radical (unpaired) electrons. The van der Waals surface area contributed by atoms with E-state index in [1.807, 2.05) is 30.3 Å². The van der Waals surface area contributed by atoms with Gasteiger partial charge in [-0.25, -0.2) is 14.2 Å². The van der Waals surface area contributed by atoms with E-state index in [9.17, 15) is 22.4 Å². The zero-order chi connectivity index (χ0) is 27.0. The monoisotopic (exact) mass is 515 g/mol. The van der Waals surface area contributed by atoms with Gasteiger partial charge in [0.2, 0.25) is 5.88 Å². The van der Waals surface area contributed by atoms with E-state index in [4.69, 9.17) is 9.47 Å². The summed E-state index contributed by atoms with van der Waals surface area (Å²) in [7, 11) is 0. The van der Waals surface area contributed by atoms with E-state index in [1.165, 1.54) is 23.3 Å². The predicted octanol–water partition coefficient (Wildman–Crippen LogP) is 7.95. The van der Waals surface area contributed by atoms with Crippen molar-refractivity contribution in [3.05, 3.63) is 100 Å². The highest BCUT2D eigenvalue weighted by Crippen LogP contribution is 2.34. The molecular weight excluding hydrogens is 486 g/mol. The van der Waals surface area contributed by atoms with Crippen LogP contribution < -0.4 is 4.74 Å². The fourth-order valence-corrected chi connectivity index (χ4v) is 3.98. The molecule has 1 aliphatic carbocycles. The van der Waals surface area contributed by atoms with Crippen molar-refractivity contribution in [2.24, 2.45) is 0 Å². The van der Waals surface area contributed by atoms with Gasteiger partial charge >= 0.3 is 12.1 Å². The SMILES string of the molecule is CCOC(=O)c1cc(F)cc(C2=C(C)CCC2)c1.Cc1cc(C(F)(F)F)cnc1OCc1ccccc1. The first kappa shape index (κ1) is 27.9. The Labute approximate surface area is 214 Å². The standard InChI is InChI=1S/C15H17FO2.C14H12F3NO/c1-3-18-15(17)12-7-11(8-13(16)9-12)14-6-4-5-10(14)2;1-10-7-12(14(15,16)17)8-18-13(10)19-9-11-5-3-2-4-6-11/h7-9H,3-6H2,1-2H3;2-8H,9H2,1H3. The van der Waals surface area contributed by atoms with Crippen molar-refractivity contribution >= 4 is 11.5 Å². The maximum absolute atomic E-state index is 13.6. The number of carbonyl (C=O) groups excluding carboxylic acids is 1.